The van der Waals surface area contributed by atoms with Gasteiger partial charge in [0.15, 0.2) is 0 Å². The van der Waals surface area contributed by atoms with Gasteiger partial charge in [-0.15, -0.1) is 0 Å². The van der Waals surface area contributed by atoms with Gasteiger partial charge < -0.3 is 10.4 Å². The lowest BCUT2D eigenvalue weighted by atomic mass is 10.2. The third-order valence-electron chi connectivity index (χ3n) is 2.41. The number of hydrogen-bond acceptors (Lipinski definition) is 4. The number of hydrogen-bond donors (Lipinski definition) is 2. The highest BCUT2D eigenvalue weighted by atomic mass is 35.5. The van der Waals surface area contributed by atoms with Gasteiger partial charge in [0.1, 0.15) is 10.8 Å². The second-order valence-electron chi connectivity index (χ2n) is 3.75. The van der Waals surface area contributed by atoms with Crippen LogP contribution in [0.25, 0.3) is 0 Å². The Morgan fingerprint density at radius 1 is 1.42 bits per heavy atom. The van der Waals surface area contributed by atoms with Gasteiger partial charge in [-0.05, 0) is 34.5 Å². The van der Waals surface area contributed by atoms with E-state index in [1.54, 1.807) is 6.07 Å². The molecule has 0 aliphatic carbocycles. The van der Waals surface area contributed by atoms with E-state index >= 15 is 0 Å². The molecule has 0 saturated heterocycles. The molecule has 0 spiro atoms. The fraction of sp³-hybridized carbons (Fsp3) is 0.167. The fourth-order valence-electron chi connectivity index (χ4n) is 1.43. The van der Waals surface area contributed by atoms with Crippen molar-refractivity contribution >= 4 is 40.4 Å². The first kappa shape index (κ1) is 14.3. The van der Waals surface area contributed by atoms with E-state index < -0.39 is 12.0 Å². The van der Waals surface area contributed by atoms with Crippen LogP contribution in [0, 0.1) is 0 Å². The van der Waals surface area contributed by atoms with Crippen molar-refractivity contribution in [2.24, 2.45) is 0 Å². The van der Waals surface area contributed by atoms with Gasteiger partial charge in [0.2, 0.25) is 0 Å². The van der Waals surface area contributed by atoms with Crippen molar-refractivity contribution in [2.45, 2.75) is 6.10 Å². The number of nitrogens with zero attached hydrogens (tertiary/aromatic N) is 1. The normalized spacial score (nSPS) is 12.2. The molecule has 0 fully saturated rings. The number of nitrogens with one attached hydrogen (secondary N) is 1. The predicted octanol–water partition coefficient (Wildman–Crippen LogP) is 2.91. The van der Waals surface area contributed by atoms with Gasteiger partial charge in [0, 0.05) is 6.54 Å². The number of aliphatic hydroxyl groups is 1. The second kappa shape index (κ2) is 6.34. The zero-order valence-electron chi connectivity index (χ0n) is 9.64. The lowest BCUT2D eigenvalue weighted by molar-refractivity contribution is 0.0912. The molecule has 0 aromatic carbocycles. The van der Waals surface area contributed by atoms with E-state index in [1.807, 2.05) is 10.8 Å². The molecule has 2 rings (SSSR count). The molecule has 0 aliphatic heterocycles. The Kier molecular flexibility index (Phi) is 4.76. The number of rotatable bonds is 4. The van der Waals surface area contributed by atoms with Gasteiger partial charge in [-0.1, -0.05) is 23.2 Å². The van der Waals surface area contributed by atoms with Crippen LogP contribution in [0.1, 0.15) is 22.2 Å². The maximum absolute atomic E-state index is 11.9. The number of halogens is 2. The van der Waals surface area contributed by atoms with Crippen molar-refractivity contribution in [1.29, 1.82) is 0 Å². The Morgan fingerprint density at radius 2 is 2.21 bits per heavy atom. The van der Waals surface area contributed by atoms with Gasteiger partial charge in [0.25, 0.3) is 5.91 Å². The smallest absolute Gasteiger partial charge is 0.271 e. The summed E-state index contributed by atoms with van der Waals surface area (Å²) in [5, 5.41) is 16.5. The Hall–Kier alpha value is -1.14. The van der Waals surface area contributed by atoms with Crippen LogP contribution in [-0.4, -0.2) is 22.5 Å². The Labute approximate surface area is 124 Å². The summed E-state index contributed by atoms with van der Waals surface area (Å²) in [6.07, 6.45) is -0.756. The SMILES string of the molecule is O=C(NCC(O)c1ccsc1)c1nc(Cl)ccc1Cl. The second-order valence-corrected chi connectivity index (χ2v) is 5.32. The number of aromatic nitrogens is 1. The van der Waals surface area contributed by atoms with E-state index in [0.717, 1.165) is 5.56 Å². The molecule has 1 unspecified atom stereocenters. The number of amides is 1. The molecule has 2 aromatic rings. The molecular weight excluding hydrogens is 307 g/mol. The van der Waals surface area contributed by atoms with E-state index in [4.69, 9.17) is 23.2 Å². The van der Waals surface area contributed by atoms with E-state index in [2.05, 4.69) is 10.3 Å². The minimum absolute atomic E-state index is 0.0479. The largest absolute Gasteiger partial charge is 0.387 e. The summed E-state index contributed by atoms with van der Waals surface area (Å²) in [6, 6.07) is 4.80. The van der Waals surface area contributed by atoms with Crippen molar-refractivity contribution < 1.29 is 9.90 Å². The summed E-state index contributed by atoms with van der Waals surface area (Å²) in [6.45, 7) is 0.0834. The van der Waals surface area contributed by atoms with Crippen LogP contribution in [0.15, 0.2) is 29.0 Å². The van der Waals surface area contributed by atoms with Crippen LogP contribution >= 0.6 is 34.5 Å². The first-order valence-electron chi connectivity index (χ1n) is 5.38. The number of carbonyl (C=O) groups is 1. The van der Waals surface area contributed by atoms with E-state index in [-0.39, 0.29) is 22.4 Å². The molecule has 4 nitrogen and oxygen atoms in total. The maximum Gasteiger partial charge on any atom is 0.271 e. The minimum atomic E-state index is -0.756. The summed E-state index contributed by atoms with van der Waals surface area (Å²) in [5.74, 6) is -0.471. The van der Waals surface area contributed by atoms with Crippen molar-refractivity contribution in [1.82, 2.24) is 10.3 Å². The van der Waals surface area contributed by atoms with E-state index in [9.17, 15) is 9.90 Å². The minimum Gasteiger partial charge on any atom is -0.387 e. The van der Waals surface area contributed by atoms with Gasteiger partial charge in [-0.2, -0.15) is 11.3 Å². The van der Waals surface area contributed by atoms with Crippen molar-refractivity contribution in [3.05, 3.63) is 50.4 Å². The summed E-state index contributed by atoms with van der Waals surface area (Å²) in [5.41, 5.74) is 0.808. The number of carbonyl (C=O) groups excluding carboxylic acids is 1. The summed E-state index contributed by atoms with van der Waals surface area (Å²) in [4.78, 5) is 15.7. The number of pyridine rings is 1. The molecule has 2 N–H and O–H groups in total. The monoisotopic (exact) mass is 316 g/mol. The molecule has 0 bridgehead atoms. The van der Waals surface area contributed by atoms with Crippen molar-refractivity contribution in [3.8, 4) is 0 Å². The first-order valence-corrected chi connectivity index (χ1v) is 7.08. The van der Waals surface area contributed by atoms with E-state index in [0.29, 0.717) is 0 Å². The van der Waals surface area contributed by atoms with Crippen LogP contribution in [-0.2, 0) is 0 Å². The van der Waals surface area contributed by atoms with Gasteiger partial charge in [0.05, 0.1) is 11.1 Å². The summed E-state index contributed by atoms with van der Waals surface area (Å²) >= 11 is 13.0. The molecule has 0 aliphatic rings. The van der Waals surface area contributed by atoms with Gasteiger partial charge in [-0.25, -0.2) is 4.98 Å². The molecule has 0 saturated carbocycles. The number of aliphatic hydroxyl groups excluding tert-OH is 1. The van der Waals surface area contributed by atoms with Crippen LogP contribution < -0.4 is 5.32 Å². The zero-order chi connectivity index (χ0) is 13.8. The quantitative estimate of drug-likeness (QED) is 0.852. The summed E-state index contributed by atoms with van der Waals surface area (Å²) in [7, 11) is 0. The molecule has 100 valence electrons. The lowest BCUT2D eigenvalue weighted by Crippen LogP contribution is -2.29. The molecule has 2 aromatic heterocycles. The first-order chi connectivity index (χ1) is 9.08. The zero-order valence-corrected chi connectivity index (χ0v) is 12.0. The average Bonchev–Trinajstić information content (AvgIpc) is 2.92. The Morgan fingerprint density at radius 3 is 2.89 bits per heavy atom. The average molecular weight is 317 g/mol. The molecule has 1 amide bonds. The highest BCUT2D eigenvalue weighted by Gasteiger charge is 2.15. The summed E-state index contributed by atoms with van der Waals surface area (Å²) < 4.78 is 0. The molecule has 1 atom stereocenters. The standard InChI is InChI=1S/C12H10Cl2N2O2S/c13-8-1-2-10(14)16-11(8)12(18)15-5-9(17)7-3-4-19-6-7/h1-4,6,9,17H,5H2,(H,15,18). The Balaban J connectivity index is 2.00. The molecular formula is C12H10Cl2N2O2S. The van der Waals surface area contributed by atoms with Crippen LogP contribution in [0.2, 0.25) is 10.2 Å². The fourth-order valence-corrected chi connectivity index (χ4v) is 2.48. The molecule has 0 radical (unpaired) electrons. The highest BCUT2D eigenvalue weighted by Crippen LogP contribution is 2.18. The number of thiophene rings is 1. The van der Waals surface area contributed by atoms with E-state index in [1.165, 1.54) is 23.5 Å². The Bertz CT molecular complexity index is 575. The maximum atomic E-state index is 11.9. The molecule has 2 heterocycles. The van der Waals surface area contributed by atoms with Crippen molar-refractivity contribution in [2.75, 3.05) is 6.54 Å². The lowest BCUT2D eigenvalue weighted by Gasteiger charge is -2.10. The van der Waals surface area contributed by atoms with Gasteiger partial charge >= 0.3 is 0 Å². The third kappa shape index (κ3) is 3.67. The highest BCUT2D eigenvalue weighted by molar-refractivity contribution is 7.07. The van der Waals surface area contributed by atoms with Crippen molar-refractivity contribution in [3.63, 3.8) is 0 Å². The predicted molar refractivity (Wildman–Crippen MR) is 75.9 cm³/mol. The van der Waals surface area contributed by atoms with Crippen LogP contribution in [0.3, 0.4) is 0 Å². The van der Waals surface area contributed by atoms with Gasteiger partial charge in [-0.3, -0.25) is 4.79 Å². The topological polar surface area (TPSA) is 62.2 Å². The molecule has 7 heteroatoms. The van der Waals surface area contributed by atoms with Crippen LogP contribution in [0.4, 0.5) is 0 Å². The molecule has 19 heavy (non-hydrogen) atoms. The van der Waals surface area contributed by atoms with Crippen LogP contribution in [0.5, 0.6) is 0 Å². The third-order valence-corrected chi connectivity index (χ3v) is 3.63.